The fourth-order valence-corrected chi connectivity index (χ4v) is 2.38. The molecule has 4 N–H and O–H groups in total. The number of carbonyl (C=O) groups excluding carboxylic acids is 2. The Bertz CT molecular complexity index is 917. The van der Waals surface area contributed by atoms with Gasteiger partial charge in [-0.25, -0.2) is 9.59 Å². The molecule has 0 unspecified atom stereocenters. The van der Waals surface area contributed by atoms with Crippen LogP contribution in [0.5, 0.6) is 23.0 Å². The van der Waals surface area contributed by atoms with Crippen LogP contribution < -0.4 is 0 Å². The van der Waals surface area contributed by atoms with Crippen LogP contribution in [-0.2, 0) is 25.5 Å². The zero-order valence-corrected chi connectivity index (χ0v) is 15.9. The maximum atomic E-state index is 12.3. The Morgan fingerprint density at radius 1 is 0.897 bits per heavy atom. The van der Waals surface area contributed by atoms with Crippen LogP contribution in [0.3, 0.4) is 0 Å². The fraction of sp³-hybridized carbons (Fsp3) is 0.238. The van der Waals surface area contributed by atoms with Crippen molar-refractivity contribution >= 4 is 18.0 Å². The predicted molar refractivity (Wildman–Crippen MR) is 103 cm³/mol. The van der Waals surface area contributed by atoms with Gasteiger partial charge < -0.3 is 29.9 Å². The number of phenols is 4. The van der Waals surface area contributed by atoms with Crippen LogP contribution in [0.1, 0.15) is 25.0 Å². The van der Waals surface area contributed by atoms with Gasteiger partial charge in [-0.1, -0.05) is 12.1 Å². The number of hydrogen-bond donors (Lipinski definition) is 4. The zero-order chi connectivity index (χ0) is 21.6. The number of hydrogen-bond acceptors (Lipinski definition) is 8. The molecule has 1 atom stereocenters. The lowest BCUT2D eigenvalue weighted by molar-refractivity contribution is -0.167. The number of benzene rings is 2. The molecule has 29 heavy (non-hydrogen) atoms. The van der Waals surface area contributed by atoms with E-state index in [2.05, 4.69) is 0 Å². The molecular weight excluding hydrogens is 380 g/mol. The molecule has 2 aromatic carbocycles. The van der Waals surface area contributed by atoms with Crippen molar-refractivity contribution in [2.75, 3.05) is 0 Å². The van der Waals surface area contributed by atoms with Crippen LogP contribution >= 0.6 is 0 Å². The molecule has 8 heteroatoms. The van der Waals surface area contributed by atoms with E-state index in [1.807, 2.05) is 0 Å². The van der Waals surface area contributed by atoms with Gasteiger partial charge in [0.1, 0.15) is 0 Å². The van der Waals surface area contributed by atoms with Gasteiger partial charge in [0.2, 0.25) is 6.10 Å². The maximum Gasteiger partial charge on any atom is 0.348 e. The van der Waals surface area contributed by atoms with E-state index in [1.165, 1.54) is 42.5 Å². The highest BCUT2D eigenvalue weighted by Crippen LogP contribution is 2.26. The van der Waals surface area contributed by atoms with E-state index in [1.54, 1.807) is 13.8 Å². The maximum absolute atomic E-state index is 12.3. The molecular formula is C21H22O8. The lowest BCUT2D eigenvalue weighted by Gasteiger charge is -2.18. The van der Waals surface area contributed by atoms with Crippen LogP contribution in [0.15, 0.2) is 42.5 Å². The van der Waals surface area contributed by atoms with Gasteiger partial charge in [-0.2, -0.15) is 0 Å². The Morgan fingerprint density at radius 2 is 1.52 bits per heavy atom. The third-order valence-electron chi connectivity index (χ3n) is 3.75. The Hall–Kier alpha value is -3.68. The number of phenolic OH excluding ortho intramolecular Hbond substituents is 4. The highest BCUT2D eigenvalue weighted by molar-refractivity contribution is 5.89. The number of rotatable bonds is 7. The normalized spacial score (nSPS) is 12.1. The summed E-state index contributed by atoms with van der Waals surface area (Å²) in [6, 6.07) is 7.99. The first-order valence-electron chi connectivity index (χ1n) is 8.77. The SMILES string of the molecule is CC(C)OC(=O)[C@@H](Cc1ccc(O)c(O)c1)OC(=O)/C=C/c1ccc(O)c(O)c1. The molecule has 0 spiro atoms. The van der Waals surface area contributed by atoms with Gasteiger partial charge >= 0.3 is 11.9 Å². The second-order valence-electron chi connectivity index (χ2n) is 6.52. The average molecular weight is 402 g/mol. The van der Waals surface area contributed by atoms with Gasteiger partial charge in [0.15, 0.2) is 23.0 Å². The van der Waals surface area contributed by atoms with Crippen LogP contribution in [0.2, 0.25) is 0 Å². The first-order chi connectivity index (χ1) is 13.7. The lowest BCUT2D eigenvalue weighted by Crippen LogP contribution is -2.32. The summed E-state index contributed by atoms with van der Waals surface area (Å²) in [7, 11) is 0. The van der Waals surface area contributed by atoms with Crippen molar-refractivity contribution in [2.24, 2.45) is 0 Å². The second-order valence-corrected chi connectivity index (χ2v) is 6.52. The van der Waals surface area contributed by atoms with Gasteiger partial charge in [0.25, 0.3) is 0 Å². The van der Waals surface area contributed by atoms with Crippen molar-refractivity contribution in [3.63, 3.8) is 0 Å². The summed E-state index contributed by atoms with van der Waals surface area (Å²) < 4.78 is 10.3. The molecule has 0 bridgehead atoms. The van der Waals surface area contributed by atoms with Crippen LogP contribution in [0.25, 0.3) is 6.08 Å². The monoisotopic (exact) mass is 402 g/mol. The largest absolute Gasteiger partial charge is 0.504 e. The van der Waals surface area contributed by atoms with E-state index in [4.69, 9.17) is 9.47 Å². The Labute approximate surface area is 167 Å². The summed E-state index contributed by atoms with van der Waals surface area (Å²) in [6.45, 7) is 3.31. The van der Waals surface area contributed by atoms with E-state index in [0.29, 0.717) is 11.1 Å². The van der Waals surface area contributed by atoms with E-state index in [-0.39, 0.29) is 29.4 Å². The molecule has 0 saturated carbocycles. The van der Waals surface area contributed by atoms with Crippen LogP contribution in [0, 0.1) is 0 Å². The van der Waals surface area contributed by atoms with Crippen LogP contribution in [-0.4, -0.2) is 44.6 Å². The third-order valence-corrected chi connectivity index (χ3v) is 3.75. The molecule has 0 aliphatic heterocycles. The molecule has 0 amide bonds. The molecule has 0 aliphatic carbocycles. The van der Waals surface area contributed by atoms with Gasteiger partial charge in [0.05, 0.1) is 6.10 Å². The minimum absolute atomic E-state index is 0.0705. The average Bonchev–Trinajstić information content (AvgIpc) is 2.64. The third kappa shape index (κ3) is 6.46. The van der Waals surface area contributed by atoms with Crippen LogP contribution in [0.4, 0.5) is 0 Å². The van der Waals surface area contributed by atoms with E-state index < -0.39 is 24.1 Å². The van der Waals surface area contributed by atoms with Gasteiger partial charge in [-0.3, -0.25) is 0 Å². The van der Waals surface area contributed by atoms with Crippen molar-refractivity contribution < 1.29 is 39.5 Å². The van der Waals surface area contributed by atoms with Crippen molar-refractivity contribution in [3.8, 4) is 23.0 Å². The summed E-state index contributed by atoms with van der Waals surface area (Å²) in [5.74, 6) is -2.89. The summed E-state index contributed by atoms with van der Waals surface area (Å²) >= 11 is 0. The summed E-state index contributed by atoms with van der Waals surface area (Å²) in [5, 5.41) is 37.8. The van der Waals surface area contributed by atoms with E-state index in [9.17, 15) is 30.0 Å². The molecule has 0 fully saturated rings. The number of ether oxygens (including phenoxy) is 2. The fourth-order valence-electron chi connectivity index (χ4n) is 2.38. The molecule has 0 heterocycles. The lowest BCUT2D eigenvalue weighted by atomic mass is 10.1. The van der Waals surface area contributed by atoms with Gasteiger partial charge in [0, 0.05) is 12.5 Å². The molecule has 2 rings (SSSR count). The number of carbonyl (C=O) groups is 2. The minimum atomic E-state index is -1.27. The number of aromatic hydroxyl groups is 4. The van der Waals surface area contributed by atoms with Crippen molar-refractivity contribution in [1.29, 1.82) is 0 Å². The Morgan fingerprint density at radius 3 is 2.10 bits per heavy atom. The minimum Gasteiger partial charge on any atom is -0.504 e. The van der Waals surface area contributed by atoms with Gasteiger partial charge in [-0.05, 0) is 55.3 Å². The highest BCUT2D eigenvalue weighted by Gasteiger charge is 2.25. The molecule has 8 nitrogen and oxygen atoms in total. The Balaban J connectivity index is 2.13. The first-order valence-corrected chi connectivity index (χ1v) is 8.77. The molecule has 0 aromatic heterocycles. The zero-order valence-electron chi connectivity index (χ0n) is 15.9. The second kappa shape index (κ2) is 9.50. The van der Waals surface area contributed by atoms with Crippen molar-refractivity contribution in [3.05, 3.63) is 53.6 Å². The Kier molecular flexibility index (Phi) is 7.08. The standard InChI is InChI=1S/C21H22O8/c1-12(2)28-21(27)19(11-14-4-7-16(23)18(25)10-14)29-20(26)8-5-13-3-6-15(22)17(24)9-13/h3-10,12,19,22-25H,11H2,1-2H3/b8-5+/t19-/m1/s1. The molecule has 0 saturated heterocycles. The smallest absolute Gasteiger partial charge is 0.348 e. The molecule has 154 valence electrons. The summed E-state index contributed by atoms with van der Waals surface area (Å²) in [5.41, 5.74) is 0.883. The topological polar surface area (TPSA) is 134 Å². The predicted octanol–water partition coefficient (Wildman–Crippen LogP) is 2.63. The highest BCUT2D eigenvalue weighted by atomic mass is 16.6. The van der Waals surface area contributed by atoms with E-state index >= 15 is 0 Å². The quantitative estimate of drug-likeness (QED) is 0.316. The molecule has 2 aromatic rings. The molecule has 0 aliphatic rings. The van der Waals surface area contributed by atoms with Crippen molar-refractivity contribution in [2.45, 2.75) is 32.5 Å². The summed E-state index contributed by atoms with van der Waals surface area (Å²) in [6.07, 6.45) is 0.645. The number of esters is 2. The summed E-state index contributed by atoms with van der Waals surface area (Å²) in [4.78, 5) is 24.5. The molecule has 0 radical (unpaired) electrons. The van der Waals surface area contributed by atoms with E-state index in [0.717, 1.165) is 6.08 Å². The van der Waals surface area contributed by atoms with Crippen molar-refractivity contribution in [1.82, 2.24) is 0 Å². The van der Waals surface area contributed by atoms with Gasteiger partial charge in [-0.15, -0.1) is 0 Å². The first kappa shape index (κ1) is 21.6.